The van der Waals surface area contributed by atoms with Crippen molar-refractivity contribution >= 4 is 16.7 Å². The topological polar surface area (TPSA) is 54.7 Å². The number of imidazole rings is 1. The molecule has 0 spiro atoms. The number of hydrogen-bond donors (Lipinski definition) is 2. The fourth-order valence-electron chi connectivity index (χ4n) is 3.03. The minimum atomic E-state index is -0.763. The Balaban J connectivity index is 1.81. The van der Waals surface area contributed by atoms with E-state index in [9.17, 15) is 17.6 Å². The highest BCUT2D eigenvalue weighted by Gasteiger charge is 2.18. The first-order valence-corrected chi connectivity index (χ1v) is 8.10. The molecule has 4 rings (SSSR count). The van der Waals surface area contributed by atoms with Gasteiger partial charge in [0, 0.05) is 12.0 Å². The largest absolute Gasteiger partial charge is 0.397 e. The van der Waals surface area contributed by atoms with E-state index in [1.807, 2.05) is 0 Å². The van der Waals surface area contributed by atoms with Crippen LogP contribution in [0.2, 0.25) is 0 Å². The molecule has 0 saturated carbocycles. The number of nitrogens with one attached hydrogen (secondary N) is 1. The van der Waals surface area contributed by atoms with Crippen molar-refractivity contribution in [3.05, 3.63) is 82.9 Å². The van der Waals surface area contributed by atoms with Crippen LogP contribution in [0.4, 0.5) is 23.2 Å². The van der Waals surface area contributed by atoms with Crippen molar-refractivity contribution in [2.45, 2.75) is 6.42 Å². The maximum absolute atomic E-state index is 14.0. The molecule has 0 aliphatic heterocycles. The molecule has 0 bridgehead atoms. The molecule has 3 N–H and O–H groups in total. The Hall–Kier alpha value is -3.35. The molecule has 0 aliphatic carbocycles. The molecule has 0 saturated heterocycles. The van der Waals surface area contributed by atoms with Crippen molar-refractivity contribution in [1.82, 2.24) is 9.97 Å². The zero-order chi connectivity index (χ0) is 19.1. The van der Waals surface area contributed by atoms with E-state index in [1.165, 1.54) is 24.3 Å². The van der Waals surface area contributed by atoms with Gasteiger partial charge < -0.3 is 10.7 Å². The molecule has 0 aliphatic rings. The van der Waals surface area contributed by atoms with Gasteiger partial charge in [-0.25, -0.2) is 22.5 Å². The minimum absolute atomic E-state index is 0.0125. The van der Waals surface area contributed by atoms with Crippen molar-refractivity contribution in [2.75, 3.05) is 5.73 Å². The van der Waals surface area contributed by atoms with Crippen LogP contribution in [0.5, 0.6) is 0 Å². The van der Waals surface area contributed by atoms with Crippen molar-refractivity contribution in [2.24, 2.45) is 0 Å². The van der Waals surface area contributed by atoms with E-state index in [0.29, 0.717) is 11.1 Å². The van der Waals surface area contributed by atoms with Gasteiger partial charge in [-0.15, -0.1) is 0 Å². The first kappa shape index (κ1) is 17.1. The fraction of sp³-hybridized carbons (Fsp3) is 0.0500. The van der Waals surface area contributed by atoms with Gasteiger partial charge in [-0.1, -0.05) is 18.2 Å². The number of nitrogens with zero attached hydrogens (tertiary/aromatic N) is 1. The Kier molecular flexibility index (Phi) is 4.07. The van der Waals surface area contributed by atoms with E-state index in [0.717, 1.165) is 12.1 Å². The third-order valence-corrected chi connectivity index (χ3v) is 4.41. The quantitative estimate of drug-likeness (QED) is 0.395. The highest BCUT2D eigenvalue weighted by molar-refractivity contribution is 5.91. The van der Waals surface area contributed by atoms with Crippen LogP contribution in [0.3, 0.4) is 0 Å². The third-order valence-electron chi connectivity index (χ3n) is 4.41. The molecule has 0 amide bonds. The molecular formula is C20H13F4N3. The SMILES string of the molecule is Nc1c(Cc2c(F)cccc2F)ccc2[nH]c(-c3c(F)cccc3F)nc12. The van der Waals surface area contributed by atoms with Crippen LogP contribution in [0.25, 0.3) is 22.4 Å². The Bertz CT molecular complexity index is 1130. The van der Waals surface area contributed by atoms with Gasteiger partial charge in [0.15, 0.2) is 0 Å². The van der Waals surface area contributed by atoms with Crippen LogP contribution < -0.4 is 5.73 Å². The zero-order valence-electron chi connectivity index (χ0n) is 13.9. The van der Waals surface area contributed by atoms with E-state index in [2.05, 4.69) is 9.97 Å². The molecule has 1 heterocycles. The molecule has 0 unspecified atom stereocenters. The molecule has 4 aromatic rings. The summed E-state index contributed by atoms with van der Waals surface area (Å²) in [6, 6.07) is 10.3. The maximum atomic E-state index is 14.0. The Labute approximate surface area is 151 Å². The van der Waals surface area contributed by atoms with Crippen molar-refractivity contribution in [1.29, 1.82) is 0 Å². The maximum Gasteiger partial charge on any atom is 0.144 e. The van der Waals surface area contributed by atoms with Gasteiger partial charge in [0.05, 0.1) is 16.8 Å². The number of fused-ring (bicyclic) bond motifs is 1. The van der Waals surface area contributed by atoms with E-state index in [-0.39, 0.29) is 34.6 Å². The normalized spacial score (nSPS) is 11.3. The number of rotatable bonds is 3. The summed E-state index contributed by atoms with van der Waals surface area (Å²) < 4.78 is 55.8. The third kappa shape index (κ3) is 2.91. The predicted molar refractivity (Wildman–Crippen MR) is 95.0 cm³/mol. The summed E-state index contributed by atoms with van der Waals surface area (Å²) in [5.41, 5.74) is 7.10. The number of anilines is 1. The van der Waals surface area contributed by atoms with E-state index < -0.39 is 23.3 Å². The number of aromatic nitrogens is 2. The summed E-state index contributed by atoms with van der Waals surface area (Å²) in [4.78, 5) is 7.03. The second-order valence-corrected chi connectivity index (χ2v) is 6.09. The minimum Gasteiger partial charge on any atom is -0.397 e. The van der Waals surface area contributed by atoms with Crippen molar-refractivity contribution in [3.8, 4) is 11.4 Å². The molecule has 3 aromatic carbocycles. The molecule has 0 radical (unpaired) electrons. The molecule has 0 fully saturated rings. The monoisotopic (exact) mass is 371 g/mol. The molecule has 0 atom stereocenters. The Morgan fingerprint density at radius 1 is 0.815 bits per heavy atom. The van der Waals surface area contributed by atoms with E-state index in [1.54, 1.807) is 12.1 Å². The number of halogens is 4. The van der Waals surface area contributed by atoms with Crippen molar-refractivity contribution in [3.63, 3.8) is 0 Å². The fourth-order valence-corrected chi connectivity index (χ4v) is 3.03. The lowest BCUT2D eigenvalue weighted by molar-refractivity contribution is 0.561. The molecule has 27 heavy (non-hydrogen) atoms. The number of nitrogens with two attached hydrogens (primary N) is 1. The number of nitrogen functional groups attached to an aromatic ring is 1. The summed E-state index contributed by atoms with van der Waals surface area (Å²) in [5.74, 6) is -2.89. The van der Waals surface area contributed by atoms with Gasteiger partial charge in [0.1, 0.15) is 34.6 Å². The summed E-state index contributed by atoms with van der Waals surface area (Å²) in [6.45, 7) is 0. The second-order valence-electron chi connectivity index (χ2n) is 6.09. The number of aromatic amines is 1. The summed E-state index contributed by atoms with van der Waals surface area (Å²) in [6.07, 6.45) is -0.0729. The van der Waals surface area contributed by atoms with Crippen LogP contribution in [0.15, 0.2) is 48.5 Å². The Morgan fingerprint density at radius 3 is 2.04 bits per heavy atom. The first-order valence-electron chi connectivity index (χ1n) is 8.10. The lowest BCUT2D eigenvalue weighted by atomic mass is 10.0. The van der Waals surface area contributed by atoms with E-state index in [4.69, 9.17) is 5.73 Å². The second kappa shape index (κ2) is 6.42. The molecule has 7 heteroatoms. The number of H-pyrrole nitrogens is 1. The van der Waals surface area contributed by atoms with Gasteiger partial charge in [0.25, 0.3) is 0 Å². The van der Waals surface area contributed by atoms with Gasteiger partial charge in [-0.05, 0) is 35.9 Å². The number of hydrogen-bond acceptors (Lipinski definition) is 2. The van der Waals surface area contributed by atoms with Crippen molar-refractivity contribution < 1.29 is 17.6 Å². The standard InChI is InChI=1S/C20H13F4N3/c21-12-3-1-4-13(22)11(12)9-10-7-8-16-19(18(10)25)27-20(26-16)17-14(23)5-2-6-15(17)24/h1-8H,9,25H2,(H,26,27). The summed E-state index contributed by atoms with van der Waals surface area (Å²) in [7, 11) is 0. The highest BCUT2D eigenvalue weighted by atomic mass is 19.1. The average molecular weight is 371 g/mol. The molecular weight excluding hydrogens is 358 g/mol. The lowest BCUT2D eigenvalue weighted by Crippen LogP contribution is -2.01. The van der Waals surface area contributed by atoms with Gasteiger partial charge in [-0.2, -0.15) is 0 Å². The van der Waals surface area contributed by atoms with Crippen LogP contribution in [-0.4, -0.2) is 9.97 Å². The van der Waals surface area contributed by atoms with Crippen LogP contribution >= 0.6 is 0 Å². The Morgan fingerprint density at radius 2 is 1.41 bits per heavy atom. The number of benzene rings is 3. The zero-order valence-corrected chi connectivity index (χ0v) is 13.9. The molecule has 3 nitrogen and oxygen atoms in total. The predicted octanol–water partition coefficient (Wildman–Crippen LogP) is 4.96. The van der Waals surface area contributed by atoms with Crippen LogP contribution in [0, 0.1) is 23.3 Å². The van der Waals surface area contributed by atoms with Gasteiger partial charge in [0.2, 0.25) is 0 Å². The van der Waals surface area contributed by atoms with Crippen LogP contribution in [-0.2, 0) is 6.42 Å². The molecule has 136 valence electrons. The molecule has 1 aromatic heterocycles. The first-order chi connectivity index (χ1) is 13.0. The van der Waals surface area contributed by atoms with Gasteiger partial charge in [-0.3, -0.25) is 0 Å². The summed E-state index contributed by atoms with van der Waals surface area (Å²) in [5, 5.41) is 0. The lowest BCUT2D eigenvalue weighted by Gasteiger charge is -2.08. The smallest absolute Gasteiger partial charge is 0.144 e. The summed E-state index contributed by atoms with van der Waals surface area (Å²) >= 11 is 0. The van der Waals surface area contributed by atoms with E-state index >= 15 is 0 Å². The highest BCUT2D eigenvalue weighted by Crippen LogP contribution is 2.31. The van der Waals surface area contributed by atoms with Crippen LogP contribution in [0.1, 0.15) is 11.1 Å². The van der Waals surface area contributed by atoms with Gasteiger partial charge >= 0.3 is 0 Å². The average Bonchev–Trinajstić information content (AvgIpc) is 3.04.